The minimum absolute atomic E-state index is 0.682. The molecule has 3 rings (SSSR count). The van der Waals surface area contributed by atoms with Crippen molar-refractivity contribution < 1.29 is 9.90 Å². The van der Waals surface area contributed by atoms with Gasteiger partial charge < -0.3 is 5.11 Å². The molecule has 0 aromatic heterocycles. The van der Waals surface area contributed by atoms with E-state index < -0.39 is 11.4 Å². The van der Waals surface area contributed by atoms with E-state index in [1.54, 1.807) is 0 Å². The summed E-state index contributed by atoms with van der Waals surface area (Å²) in [6.07, 6.45) is 3.48. The normalized spacial score (nSPS) is 17.0. The molecule has 0 radical (unpaired) electrons. The van der Waals surface area contributed by atoms with Gasteiger partial charge in [0.05, 0.1) is 5.41 Å². The Morgan fingerprint density at radius 2 is 1.50 bits per heavy atom. The molecule has 0 spiro atoms. The summed E-state index contributed by atoms with van der Waals surface area (Å²) in [6.45, 7) is 0. The molecule has 0 aliphatic heterocycles. The summed E-state index contributed by atoms with van der Waals surface area (Å²) < 4.78 is 0. The van der Waals surface area contributed by atoms with E-state index in [0.29, 0.717) is 0 Å². The van der Waals surface area contributed by atoms with Crippen molar-refractivity contribution in [2.24, 2.45) is 0 Å². The van der Waals surface area contributed by atoms with E-state index in [4.69, 9.17) is 0 Å². The molecule has 102 valence electrons. The zero-order valence-corrected chi connectivity index (χ0v) is 11.4. The number of hydrogen-bond acceptors (Lipinski definition) is 1. The highest BCUT2D eigenvalue weighted by molar-refractivity contribution is 5.86. The van der Waals surface area contributed by atoms with Gasteiger partial charge in [-0.1, -0.05) is 67.4 Å². The molecule has 1 saturated carbocycles. The molecule has 0 bridgehead atoms. The monoisotopic (exact) mass is 266 g/mol. The lowest BCUT2D eigenvalue weighted by atomic mass is 9.75. The molecule has 2 nitrogen and oxygen atoms in total. The lowest BCUT2D eigenvalue weighted by Crippen LogP contribution is -2.33. The first kappa shape index (κ1) is 12.9. The van der Waals surface area contributed by atoms with Crippen molar-refractivity contribution in [1.82, 2.24) is 0 Å². The van der Waals surface area contributed by atoms with E-state index in [0.717, 1.165) is 42.4 Å². The first-order chi connectivity index (χ1) is 9.74. The Morgan fingerprint density at radius 3 is 2.15 bits per heavy atom. The zero-order chi connectivity index (χ0) is 14.0. The van der Waals surface area contributed by atoms with Gasteiger partial charge in [0.15, 0.2) is 0 Å². The fourth-order valence-electron chi connectivity index (χ4n) is 3.35. The third kappa shape index (κ3) is 2.01. The van der Waals surface area contributed by atoms with Crippen LogP contribution in [0.4, 0.5) is 0 Å². The quantitative estimate of drug-likeness (QED) is 0.901. The second-order valence-corrected chi connectivity index (χ2v) is 5.51. The minimum atomic E-state index is -0.702. The van der Waals surface area contributed by atoms with Crippen LogP contribution < -0.4 is 0 Å². The Labute approximate surface area is 119 Å². The summed E-state index contributed by atoms with van der Waals surface area (Å²) in [5.41, 5.74) is 2.41. The fourth-order valence-corrected chi connectivity index (χ4v) is 3.35. The summed E-state index contributed by atoms with van der Waals surface area (Å²) in [4.78, 5) is 11.9. The largest absolute Gasteiger partial charge is 0.481 e. The number of hydrogen-bond donors (Lipinski definition) is 1. The van der Waals surface area contributed by atoms with Crippen LogP contribution in [0, 0.1) is 0 Å². The average molecular weight is 266 g/mol. The van der Waals surface area contributed by atoms with E-state index in [1.165, 1.54) is 0 Å². The topological polar surface area (TPSA) is 37.3 Å². The van der Waals surface area contributed by atoms with Crippen molar-refractivity contribution in [1.29, 1.82) is 0 Å². The summed E-state index contributed by atoms with van der Waals surface area (Å²) in [5.74, 6) is -0.682. The molecular weight excluding hydrogens is 248 g/mol. The van der Waals surface area contributed by atoms with Crippen LogP contribution in [-0.2, 0) is 10.2 Å². The second-order valence-electron chi connectivity index (χ2n) is 5.51. The molecule has 1 N–H and O–H groups in total. The molecule has 1 aliphatic rings. The van der Waals surface area contributed by atoms with Crippen LogP contribution in [0.1, 0.15) is 31.2 Å². The van der Waals surface area contributed by atoms with E-state index in [2.05, 4.69) is 0 Å². The zero-order valence-electron chi connectivity index (χ0n) is 11.4. The molecule has 2 aromatic rings. The molecule has 0 saturated heterocycles. The summed E-state index contributed by atoms with van der Waals surface area (Å²) >= 11 is 0. The molecule has 0 unspecified atom stereocenters. The van der Waals surface area contributed by atoms with Crippen molar-refractivity contribution in [2.75, 3.05) is 0 Å². The Bertz CT molecular complexity index is 610. The van der Waals surface area contributed by atoms with E-state index in [-0.39, 0.29) is 0 Å². The smallest absolute Gasteiger partial charge is 0.314 e. The van der Waals surface area contributed by atoms with Crippen LogP contribution >= 0.6 is 0 Å². The van der Waals surface area contributed by atoms with Gasteiger partial charge in [-0.15, -0.1) is 0 Å². The van der Waals surface area contributed by atoms with Crippen LogP contribution in [0.5, 0.6) is 0 Å². The minimum Gasteiger partial charge on any atom is -0.481 e. The van der Waals surface area contributed by atoms with Gasteiger partial charge in [-0.05, 0) is 29.5 Å². The van der Waals surface area contributed by atoms with Crippen LogP contribution in [0.15, 0.2) is 54.6 Å². The van der Waals surface area contributed by atoms with E-state index in [1.807, 2.05) is 54.6 Å². The highest BCUT2D eigenvalue weighted by Gasteiger charge is 2.44. The Balaban J connectivity index is 2.17. The summed E-state index contributed by atoms with van der Waals surface area (Å²) in [7, 11) is 0. The summed E-state index contributed by atoms with van der Waals surface area (Å²) in [6, 6.07) is 18.0. The second kappa shape index (κ2) is 5.12. The first-order valence-electron chi connectivity index (χ1n) is 7.12. The maximum atomic E-state index is 11.9. The standard InChI is InChI=1S/C18H18O2/c19-17(20)18(12-6-7-13-18)16-11-5-4-10-15(16)14-8-2-1-3-9-14/h1-5,8-11H,6-7,12-13H2,(H,19,20). The van der Waals surface area contributed by atoms with E-state index >= 15 is 0 Å². The summed E-state index contributed by atoms with van der Waals surface area (Å²) in [5, 5.41) is 9.79. The Hall–Kier alpha value is -2.09. The van der Waals surface area contributed by atoms with Crippen molar-refractivity contribution in [2.45, 2.75) is 31.1 Å². The van der Waals surface area contributed by atoms with Crippen molar-refractivity contribution in [3.63, 3.8) is 0 Å². The number of benzene rings is 2. The van der Waals surface area contributed by atoms with Crippen molar-refractivity contribution >= 4 is 5.97 Å². The lowest BCUT2D eigenvalue weighted by molar-refractivity contribution is -0.143. The van der Waals surface area contributed by atoms with Gasteiger partial charge in [0.25, 0.3) is 0 Å². The average Bonchev–Trinajstić information content (AvgIpc) is 2.99. The molecule has 20 heavy (non-hydrogen) atoms. The highest BCUT2D eigenvalue weighted by atomic mass is 16.4. The third-order valence-electron chi connectivity index (χ3n) is 4.39. The molecule has 2 aromatic carbocycles. The molecule has 0 heterocycles. The van der Waals surface area contributed by atoms with Crippen LogP contribution in [-0.4, -0.2) is 11.1 Å². The lowest BCUT2D eigenvalue weighted by Gasteiger charge is -2.27. The van der Waals surface area contributed by atoms with Crippen molar-refractivity contribution in [3.8, 4) is 11.1 Å². The molecule has 0 atom stereocenters. The van der Waals surface area contributed by atoms with Gasteiger partial charge >= 0.3 is 5.97 Å². The van der Waals surface area contributed by atoms with Crippen LogP contribution in [0.2, 0.25) is 0 Å². The predicted molar refractivity (Wildman–Crippen MR) is 79.7 cm³/mol. The number of carbonyl (C=O) groups is 1. The van der Waals surface area contributed by atoms with Gasteiger partial charge in [0.2, 0.25) is 0 Å². The number of carboxylic acid groups (broad SMARTS) is 1. The first-order valence-corrected chi connectivity index (χ1v) is 7.12. The maximum Gasteiger partial charge on any atom is 0.314 e. The number of aliphatic carboxylic acids is 1. The molecule has 1 fully saturated rings. The van der Waals surface area contributed by atoms with Gasteiger partial charge in [-0.3, -0.25) is 4.79 Å². The molecular formula is C18H18O2. The van der Waals surface area contributed by atoms with Crippen molar-refractivity contribution in [3.05, 3.63) is 60.2 Å². The molecule has 2 heteroatoms. The predicted octanol–water partition coefficient (Wildman–Crippen LogP) is 4.25. The Morgan fingerprint density at radius 1 is 0.900 bits per heavy atom. The number of carboxylic acids is 1. The van der Waals surface area contributed by atoms with Gasteiger partial charge in [0.1, 0.15) is 0 Å². The van der Waals surface area contributed by atoms with Crippen LogP contribution in [0.25, 0.3) is 11.1 Å². The maximum absolute atomic E-state index is 11.9. The third-order valence-corrected chi connectivity index (χ3v) is 4.39. The highest BCUT2D eigenvalue weighted by Crippen LogP contribution is 2.45. The SMILES string of the molecule is O=C(O)C1(c2ccccc2-c2ccccc2)CCCC1. The Kier molecular flexibility index (Phi) is 3.31. The van der Waals surface area contributed by atoms with Gasteiger partial charge in [0, 0.05) is 0 Å². The van der Waals surface area contributed by atoms with Gasteiger partial charge in [-0.2, -0.15) is 0 Å². The van der Waals surface area contributed by atoms with Gasteiger partial charge in [-0.25, -0.2) is 0 Å². The molecule has 1 aliphatic carbocycles. The molecule has 0 amide bonds. The van der Waals surface area contributed by atoms with Crippen LogP contribution in [0.3, 0.4) is 0 Å². The van der Waals surface area contributed by atoms with E-state index in [9.17, 15) is 9.90 Å². The fraction of sp³-hybridized carbons (Fsp3) is 0.278. The number of rotatable bonds is 3.